The normalized spacial score (nSPS) is 19.0. The van der Waals surface area contributed by atoms with Crippen molar-refractivity contribution < 1.29 is 9.18 Å². The number of carbonyl (C=O) groups excluding carboxylic acids is 1. The molecule has 45 heavy (non-hydrogen) atoms. The number of aliphatic imine (C=N–C) groups is 2. The first kappa shape index (κ1) is 41.9. The molecule has 1 aliphatic heterocycles. The topological polar surface area (TPSA) is 72.3 Å². The average Bonchev–Trinajstić information content (AvgIpc) is 2.98. The van der Waals surface area contributed by atoms with Gasteiger partial charge in [-0.25, -0.2) is 9.38 Å². The lowest BCUT2D eigenvalue weighted by Crippen LogP contribution is -2.52. The Balaban J connectivity index is 0.000000875. The molecule has 0 atom stereocenters. The SMILES string of the molecule is C=C(/C=C(\N=C/C)NC=O)N/C(=C/C(=C)c1cc(Cl)ccc1F)C(C)=NC.CC1CC(N2CCN(C)CC2)C1.CCC.CCC. The van der Waals surface area contributed by atoms with Crippen molar-refractivity contribution in [2.45, 2.75) is 80.2 Å². The average molecular weight is 645 g/mol. The van der Waals surface area contributed by atoms with Gasteiger partial charge in [0.05, 0.1) is 11.4 Å². The summed E-state index contributed by atoms with van der Waals surface area (Å²) < 4.78 is 14.1. The van der Waals surface area contributed by atoms with Gasteiger partial charge in [0.1, 0.15) is 11.6 Å². The van der Waals surface area contributed by atoms with Gasteiger partial charge in [-0.15, -0.1) is 0 Å². The molecule has 1 aromatic rings. The Morgan fingerprint density at radius 3 is 2.16 bits per heavy atom. The van der Waals surface area contributed by atoms with Gasteiger partial charge < -0.3 is 15.5 Å². The van der Waals surface area contributed by atoms with Crippen molar-refractivity contribution >= 4 is 35.5 Å². The number of rotatable bonds is 10. The van der Waals surface area contributed by atoms with Gasteiger partial charge in [-0.2, -0.15) is 0 Å². The highest BCUT2D eigenvalue weighted by atomic mass is 35.5. The molecule has 1 aliphatic carbocycles. The van der Waals surface area contributed by atoms with Crippen LogP contribution < -0.4 is 10.6 Å². The Hall–Kier alpha value is -3.07. The van der Waals surface area contributed by atoms with Crippen molar-refractivity contribution in [2.24, 2.45) is 15.9 Å². The molecule has 2 aliphatic rings. The summed E-state index contributed by atoms with van der Waals surface area (Å²) >= 11 is 5.95. The minimum absolute atomic E-state index is 0.283. The molecule has 2 N–H and O–H groups in total. The van der Waals surface area contributed by atoms with Crippen LogP contribution >= 0.6 is 11.6 Å². The van der Waals surface area contributed by atoms with E-state index >= 15 is 0 Å². The minimum atomic E-state index is -0.431. The molecular formula is C36H58ClFN6O. The van der Waals surface area contributed by atoms with Crippen molar-refractivity contribution in [3.05, 3.63) is 77.1 Å². The van der Waals surface area contributed by atoms with Gasteiger partial charge >= 0.3 is 0 Å². The molecule has 1 heterocycles. The molecule has 1 amide bonds. The van der Waals surface area contributed by atoms with E-state index < -0.39 is 5.82 Å². The lowest BCUT2D eigenvalue weighted by atomic mass is 9.80. The van der Waals surface area contributed by atoms with Crippen LogP contribution in [0.1, 0.15) is 79.7 Å². The minimum Gasteiger partial charge on any atom is -0.354 e. The Morgan fingerprint density at radius 2 is 1.67 bits per heavy atom. The smallest absolute Gasteiger partial charge is 0.212 e. The van der Waals surface area contributed by atoms with Crippen LogP contribution in [0.25, 0.3) is 5.57 Å². The summed E-state index contributed by atoms with van der Waals surface area (Å²) in [5, 5.41) is 5.93. The first-order valence-corrected chi connectivity index (χ1v) is 16.4. The third-order valence-electron chi connectivity index (χ3n) is 6.80. The standard InChI is InChI=1S/C20H22ClFN4O.C10H20N2.2C3H8/c1-6-24-20(25-12-27)10-14(3)26-19(15(4)23-5)9-13(2)17-11-16(21)7-8-18(17)22;1-9-7-10(8-9)12-5-3-11(2)4-6-12;2*1-3-2/h6-12,26H,2-3H2,1,4-5H3,(H,25,27);9-10H,3-8H2,1-2H3;2*3H2,1-2H3/b19-9+,20-10+,23-15?,24-6-;;;. The molecule has 1 aromatic carbocycles. The zero-order valence-electron chi connectivity index (χ0n) is 29.2. The largest absolute Gasteiger partial charge is 0.354 e. The quantitative estimate of drug-likeness (QED) is 0.153. The van der Waals surface area contributed by atoms with E-state index in [1.165, 1.54) is 76.3 Å². The van der Waals surface area contributed by atoms with Crippen LogP contribution in [0.4, 0.5) is 4.39 Å². The third kappa shape index (κ3) is 17.3. The monoisotopic (exact) mass is 644 g/mol. The number of carbonyl (C=O) groups is 1. The fourth-order valence-corrected chi connectivity index (χ4v) is 4.55. The second kappa shape index (κ2) is 24.2. The Morgan fingerprint density at radius 1 is 1.09 bits per heavy atom. The van der Waals surface area contributed by atoms with E-state index in [1.807, 2.05) is 0 Å². The molecule has 1 saturated heterocycles. The van der Waals surface area contributed by atoms with Crippen molar-refractivity contribution in [3.63, 3.8) is 0 Å². The van der Waals surface area contributed by atoms with Crippen LogP contribution in [-0.4, -0.2) is 74.5 Å². The van der Waals surface area contributed by atoms with Crippen molar-refractivity contribution in [1.82, 2.24) is 20.4 Å². The van der Waals surface area contributed by atoms with Crippen LogP contribution in [0.15, 0.2) is 70.7 Å². The molecule has 0 bridgehead atoms. The molecule has 0 spiro atoms. The number of nitrogens with one attached hydrogen (secondary N) is 2. The highest BCUT2D eigenvalue weighted by Crippen LogP contribution is 2.31. The van der Waals surface area contributed by atoms with Crippen LogP contribution in [0.3, 0.4) is 0 Å². The van der Waals surface area contributed by atoms with E-state index in [0.29, 0.717) is 39.9 Å². The number of benzene rings is 1. The molecule has 1 saturated carbocycles. The molecule has 7 nitrogen and oxygen atoms in total. The van der Waals surface area contributed by atoms with Gasteiger partial charge in [0, 0.05) is 67.8 Å². The summed E-state index contributed by atoms with van der Waals surface area (Å²) in [7, 11) is 3.85. The maximum Gasteiger partial charge on any atom is 0.212 e. The molecule has 0 unspecified atom stereocenters. The molecular weight excluding hydrogens is 587 g/mol. The zero-order chi connectivity index (χ0) is 34.4. The third-order valence-corrected chi connectivity index (χ3v) is 7.04. The summed E-state index contributed by atoms with van der Waals surface area (Å²) in [5.74, 6) is 0.879. The van der Waals surface area contributed by atoms with E-state index in [0.717, 1.165) is 12.0 Å². The van der Waals surface area contributed by atoms with E-state index in [9.17, 15) is 9.18 Å². The van der Waals surface area contributed by atoms with Gasteiger partial charge in [0.25, 0.3) is 0 Å². The Kier molecular flexibility index (Phi) is 22.5. The van der Waals surface area contributed by atoms with Crippen LogP contribution in [-0.2, 0) is 4.79 Å². The fraction of sp³-hybridized carbons (Fsp3) is 0.528. The lowest BCUT2D eigenvalue weighted by molar-refractivity contribution is -0.108. The molecule has 0 aromatic heterocycles. The van der Waals surface area contributed by atoms with E-state index in [-0.39, 0.29) is 5.56 Å². The molecule has 0 radical (unpaired) electrons. The van der Waals surface area contributed by atoms with E-state index in [2.05, 4.69) is 85.2 Å². The van der Waals surface area contributed by atoms with E-state index in [1.54, 1.807) is 33.0 Å². The predicted molar refractivity (Wildman–Crippen MR) is 194 cm³/mol. The summed E-state index contributed by atoms with van der Waals surface area (Å²) in [6.07, 6.45) is 10.6. The summed E-state index contributed by atoms with van der Waals surface area (Å²) in [4.78, 5) is 23.9. The van der Waals surface area contributed by atoms with Gasteiger partial charge in [-0.3, -0.25) is 14.7 Å². The maximum absolute atomic E-state index is 14.1. The Bertz CT molecular complexity index is 1160. The second-order valence-corrected chi connectivity index (χ2v) is 11.8. The van der Waals surface area contributed by atoms with Gasteiger partial charge in [0.2, 0.25) is 6.41 Å². The number of likely N-dealkylation sites (N-methyl/N-ethyl adjacent to an activating group) is 1. The second-order valence-electron chi connectivity index (χ2n) is 11.3. The Labute approximate surface area is 278 Å². The number of amides is 1. The molecule has 252 valence electrons. The van der Waals surface area contributed by atoms with Crippen LogP contribution in [0, 0.1) is 11.7 Å². The maximum atomic E-state index is 14.1. The van der Waals surface area contributed by atoms with Crippen LogP contribution in [0.5, 0.6) is 0 Å². The summed E-state index contributed by atoms with van der Waals surface area (Å²) in [5.41, 5.74) is 2.35. The summed E-state index contributed by atoms with van der Waals surface area (Å²) in [6.45, 7) is 27.3. The van der Waals surface area contributed by atoms with E-state index in [4.69, 9.17) is 11.6 Å². The zero-order valence-corrected chi connectivity index (χ0v) is 30.0. The molecule has 9 heteroatoms. The first-order chi connectivity index (χ1) is 21.4. The highest BCUT2D eigenvalue weighted by Gasteiger charge is 2.31. The number of piperazine rings is 1. The number of hydrogen-bond donors (Lipinski definition) is 2. The molecule has 3 rings (SSSR count). The number of hydrogen-bond acceptors (Lipinski definition) is 6. The van der Waals surface area contributed by atoms with Crippen LogP contribution in [0.2, 0.25) is 5.02 Å². The first-order valence-electron chi connectivity index (χ1n) is 16.0. The van der Waals surface area contributed by atoms with Gasteiger partial charge in [-0.1, -0.05) is 72.2 Å². The molecule has 2 fully saturated rings. The van der Waals surface area contributed by atoms with Crippen molar-refractivity contribution in [1.29, 1.82) is 0 Å². The van der Waals surface area contributed by atoms with Crippen molar-refractivity contribution in [3.8, 4) is 0 Å². The number of allylic oxidation sites excluding steroid dienone is 4. The summed E-state index contributed by atoms with van der Waals surface area (Å²) in [6, 6.07) is 5.20. The van der Waals surface area contributed by atoms with Gasteiger partial charge in [-0.05, 0) is 69.5 Å². The van der Waals surface area contributed by atoms with Crippen molar-refractivity contribution in [2.75, 3.05) is 40.3 Å². The van der Waals surface area contributed by atoms with Gasteiger partial charge in [0.15, 0.2) is 0 Å². The fourth-order valence-electron chi connectivity index (χ4n) is 4.38. The lowest BCUT2D eigenvalue weighted by Gasteiger charge is -2.45. The number of nitrogens with zero attached hydrogens (tertiary/aromatic N) is 4. The highest BCUT2D eigenvalue weighted by molar-refractivity contribution is 6.30. The predicted octanol–water partition coefficient (Wildman–Crippen LogP) is 8.11. The number of halogens is 2.